The van der Waals surface area contributed by atoms with E-state index in [9.17, 15) is 0 Å². The number of rotatable bonds is 4. The maximum atomic E-state index is 8.97. The fraction of sp³-hybridized carbons (Fsp3) is 0.900. The van der Waals surface area contributed by atoms with Gasteiger partial charge in [-0.3, -0.25) is 4.99 Å². The highest BCUT2D eigenvalue weighted by molar-refractivity contribution is 6.56. The molecule has 0 aliphatic carbocycles. The predicted molar refractivity (Wildman–Crippen MR) is 66.5 cm³/mol. The Morgan fingerprint density at radius 2 is 1.88 bits per heavy atom. The summed E-state index contributed by atoms with van der Waals surface area (Å²) in [6, 6.07) is 0.108. The Morgan fingerprint density at radius 3 is 2.65 bits per heavy atom. The van der Waals surface area contributed by atoms with E-state index in [1.165, 1.54) is 0 Å². The zero-order valence-corrected chi connectivity index (χ0v) is 11.0. The van der Waals surface area contributed by atoms with E-state index in [1.54, 1.807) is 0 Å². The molecule has 1 fully saturated rings. The molecule has 0 aromatic heterocycles. The molecule has 0 aromatic rings. The summed E-state index contributed by atoms with van der Waals surface area (Å²) in [5.41, 5.74) is 0. The molecule has 0 radical (unpaired) electrons. The Balaban J connectivity index is 1.85. The smallest absolute Gasteiger partial charge is 0.390 e. The molecule has 0 bridgehead atoms. The van der Waals surface area contributed by atoms with Gasteiger partial charge in [-0.05, 0) is 19.3 Å². The van der Waals surface area contributed by atoms with Gasteiger partial charge in [0.2, 0.25) is 0 Å². The van der Waals surface area contributed by atoms with Gasteiger partial charge in [0.05, 0.1) is 0 Å². The lowest BCUT2D eigenvalue weighted by atomic mass is 10.2. The second-order valence-electron chi connectivity index (χ2n) is 4.74. The van der Waals surface area contributed by atoms with Crippen LogP contribution in [-0.4, -0.2) is 71.7 Å². The zero-order chi connectivity index (χ0) is 12.3. The maximum absolute atomic E-state index is 8.97. The zero-order valence-electron chi connectivity index (χ0n) is 10.0. The summed E-state index contributed by atoms with van der Waals surface area (Å²) in [7, 11) is -3.87. The van der Waals surface area contributed by atoms with Crippen LogP contribution in [0, 0.1) is 0 Å². The van der Waals surface area contributed by atoms with Gasteiger partial charge < -0.3 is 24.2 Å². The summed E-state index contributed by atoms with van der Waals surface area (Å²) in [6.45, 7) is 4.76. The lowest BCUT2D eigenvalue weighted by molar-refractivity contribution is 0.216. The van der Waals surface area contributed by atoms with Crippen molar-refractivity contribution in [2.45, 2.75) is 25.3 Å². The monoisotopic (exact) mass is 259 g/mol. The van der Waals surface area contributed by atoms with Crippen LogP contribution in [0.15, 0.2) is 4.99 Å². The normalized spacial score (nSPS) is 21.2. The van der Waals surface area contributed by atoms with Crippen molar-refractivity contribution in [1.82, 2.24) is 9.80 Å². The van der Waals surface area contributed by atoms with Gasteiger partial charge in [-0.2, -0.15) is 0 Å². The van der Waals surface area contributed by atoms with Gasteiger partial charge in [-0.25, -0.2) is 0 Å². The first-order valence-electron chi connectivity index (χ1n) is 6.28. The van der Waals surface area contributed by atoms with Crippen molar-refractivity contribution < 1.29 is 14.4 Å². The van der Waals surface area contributed by atoms with E-state index in [1.807, 2.05) is 0 Å². The molecule has 0 spiro atoms. The third-order valence-electron chi connectivity index (χ3n) is 3.20. The molecule has 2 aliphatic heterocycles. The van der Waals surface area contributed by atoms with Crippen LogP contribution in [0.4, 0.5) is 0 Å². The van der Waals surface area contributed by atoms with Crippen molar-refractivity contribution in [3.8, 4) is 0 Å². The molecule has 0 amide bonds. The maximum Gasteiger partial charge on any atom is 0.492 e. The summed E-state index contributed by atoms with van der Waals surface area (Å²) in [4.78, 5) is 35.9. The third-order valence-corrected chi connectivity index (χ3v) is 4.23. The van der Waals surface area contributed by atoms with E-state index in [-0.39, 0.29) is 6.04 Å². The molecule has 1 saturated heterocycles. The topological polar surface area (TPSA) is 79.5 Å². The van der Waals surface area contributed by atoms with Crippen LogP contribution in [-0.2, 0) is 0 Å². The third kappa shape index (κ3) is 3.67. The number of hydrogen-bond donors (Lipinski definition) is 3. The number of aliphatic imine (C=N–C) groups is 1. The quantitative estimate of drug-likeness (QED) is 0.568. The summed E-state index contributed by atoms with van der Waals surface area (Å²) in [5, 5.41) is 0. The SMILES string of the molecule is O[Si](O)(O)CCCN1CCCN2CCCN=C21. The van der Waals surface area contributed by atoms with Crippen molar-refractivity contribution in [2.75, 3.05) is 32.7 Å². The highest BCUT2D eigenvalue weighted by Crippen LogP contribution is 2.15. The molecule has 98 valence electrons. The highest BCUT2D eigenvalue weighted by Gasteiger charge is 2.28. The van der Waals surface area contributed by atoms with Crippen LogP contribution in [0.2, 0.25) is 6.04 Å². The van der Waals surface area contributed by atoms with Gasteiger partial charge in [-0.1, -0.05) is 0 Å². The van der Waals surface area contributed by atoms with Crippen LogP contribution in [0.25, 0.3) is 0 Å². The number of hydrogen-bond acceptors (Lipinski definition) is 6. The van der Waals surface area contributed by atoms with Gasteiger partial charge in [0.1, 0.15) is 0 Å². The minimum Gasteiger partial charge on any atom is -0.390 e. The van der Waals surface area contributed by atoms with Crippen LogP contribution in [0.3, 0.4) is 0 Å². The lowest BCUT2D eigenvalue weighted by Crippen LogP contribution is -2.52. The Kier molecular flexibility index (Phi) is 4.03. The molecule has 0 aromatic carbocycles. The molecule has 2 rings (SSSR count). The molecule has 0 atom stereocenters. The molecule has 0 unspecified atom stereocenters. The van der Waals surface area contributed by atoms with Crippen molar-refractivity contribution in [3.63, 3.8) is 0 Å². The van der Waals surface area contributed by atoms with Gasteiger partial charge in [0, 0.05) is 38.8 Å². The Hall–Kier alpha value is -0.633. The molecule has 17 heavy (non-hydrogen) atoms. The van der Waals surface area contributed by atoms with Crippen LogP contribution < -0.4 is 0 Å². The largest absolute Gasteiger partial charge is 0.492 e. The Labute approximate surface area is 103 Å². The molecule has 6 nitrogen and oxygen atoms in total. The van der Waals surface area contributed by atoms with Gasteiger partial charge in [0.15, 0.2) is 5.96 Å². The molecule has 2 aliphatic rings. The fourth-order valence-electron chi connectivity index (χ4n) is 2.42. The first kappa shape index (κ1) is 12.8. The van der Waals surface area contributed by atoms with Crippen molar-refractivity contribution >= 4 is 14.8 Å². The highest BCUT2D eigenvalue weighted by atomic mass is 28.4. The minimum atomic E-state index is -3.87. The first-order valence-corrected chi connectivity index (χ1v) is 8.33. The van der Waals surface area contributed by atoms with Crippen molar-refractivity contribution in [3.05, 3.63) is 0 Å². The van der Waals surface area contributed by atoms with E-state index < -0.39 is 8.80 Å². The van der Waals surface area contributed by atoms with Gasteiger partial charge in [0.25, 0.3) is 0 Å². The number of guanidine groups is 1. The van der Waals surface area contributed by atoms with E-state index in [4.69, 9.17) is 14.4 Å². The lowest BCUT2D eigenvalue weighted by Gasteiger charge is -2.41. The average molecular weight is 259 g/mol. The average Bonchev–Trinajstić information content (AvgIpc) is 2.28. The molecule has 7 heteroatoms. The van der Waals surface area contributed by atoms with E-state index in [0.717, 1.165) is 51.5 Å². The summed E-state index contributed by atoms with van der Waals surface area (Å²) >= 11 is 0. The van der Waals surface area contributed by atoms with Crippen molar-refractivity contribution in [2.24, 2.45) is 4.99 Å². The van der Waals surface area contributed by atoms with E-state index >= 15 is 0 Å². The predicted octanol–water partition coefficient (Wildman–Crippen LogP) is -0.940. The summed E-state index contributed by atoms with van der Waals surface area (Å²) in [5.74, 6) is 1.06. The Bertz CT molecular complexity index is 293. The standard InChI is InChI=1S/C10H21N3O3Si/c14-17(15,16)9-3-8-13-7-2-6-12-5-1-4-11-10(12)13/h14-16H,1-9H2. The van der Waals surface area contributed by atoms with Crippen LogP contribution >= 0.6 is 0 Å². The summed E-state index contributed by atoms with van der Waals surface area (Å²) < 4.78 is 0. The molecular weight excluding hydrogens is 238 g/mol. The van der Waals surface area contributed by atoms with Crippen LogP contribution in [0.1, 0.15) is 19.3 Å². The molecular formula is C10H21N3O3Si. The van der Waals surface area contributed by atoms with Gasteiger partial charge in [-0.15, -0.1) is 0 Å². The van der Waals surface area contributed by atoms with E-state index in [0.29, 0.717) is 6.42 Å². The van der Waals surface area contributed by atoms with Crippen LogP contribution in [0.5, 0.6) is 0 Å². The molecule has 0 saturated carbocycles. The fourth-order valence-corrected chi connectivity index (χ4v) is 3.06. The second kappa shape index (κ2) is 5.34. The van der Waals surface area contributed by atoms with Crippen molar-refractivity contribution in [1.29, 1.82) is 0 Å². The first-order chi connectivity index (χ1) is 8.06. The second-order valence-corrected chi connectivity index (χ2v) is 6.79. The number of fused-ring (bicyclic) bond motifs is 1. The van der Waals surface area contributed by atoms with Gasteiger partial charge >= 0.3 is 8.80 Å². The Morgan fingerprint density at radius 1 is 1.12 bits per heavy atom. The molecule has 2 heterocycles. The summed E-state index contributed by atoms with van der Waals surface area (Å²) in [6.07, 6.45) is 2.85. The molecule has 3 N–H and O–H groups in total. The van der Waals surface area contributed by atoms with E-state index in [2.05, 4.69) is 14.8 Å². The minimum absolute atomic E-state index is 0.108. The number of nitrogens with zero attached hydrogens (tertiary/aromatic N) is 3.